The fourth-order valence-electron chi connectivity index (χ4n) is 4.26. The van der Waals surface area contributed by atoms with Gasteiger partial charge in [0.15, 0.2) is 0 Å². The lowest BCUT2D eigenvalue weighted by Gasteiger charge is -2.34. The van der Waals surface area contributed by atoms with Crippen LogP contribution < -0.4 is 0 Å². The first-order valence-electron chi connectivity index (χ1n) is 7.91. The molecule has 0 heterocycles. The number of benzene rings is 2. The Kier molecular flexibility index (Phi) is 2.91. The van der Waals surface area contributed by atoms with Gasteiger partial charge in [-0.05, 0) is 73.3 Å². The summed E-state index contributed by atoms with van der Waals surface area (Å²) < 4.78 is 0. The Balaban J connectivity index is 2.01. The molecule has 108 valence electrons. The van der Waals surface area contributed by atoms with E-state index in [1.165, 1.54) is 42.4 Å². The highest BCUT2D eigenvalue weighted by molar-refractivity contribution is 5.80. The summed E-state index contributed by atoms with van der Waals surface area (Å²) in [6, 6.07) is 9.28. The van der Waals surface area contributed by atoms with Gasteiger partial charge in [0.1, 0.15) is 11.5 Å². The van der Waals surface area contributed by atoms with Crippen molar-refractivity contribution in [1.29, 1.82) is 0 Å². The van der Waals surface area contributed by atoms with E-state index in [-0.39, 0.29) is 5.75 Å². The van der Waals surface area contributed by atoms with E-state index in [1.54, 1.807) is 6.07 Å². The van der Waals surface area contributed by atoms with Gasteiger partial charge in [-0.3, -0.25) is 0 Å². The van der Waals surface area contributed by atoms with Gasteiger partial charge in [0.05, 0.1) is 0 Å². The lowest BCUT2D eigenvalue weighted by Crippen LogP contribution is -2.18. The van der Waals surface area contributed by atoms with Crippen LogP contribution >= 0.6 is 0 Å². The van der Waals surface area contributed by atoms with E-state index in [2.05, 4.69) is 0 Å². The number of rotatable bonds is 1. The summed E-state index contributed by atoms with van der Waals surface area (Å²) in [5, 5.41) is 20.7. The molecule has 2 aliphatic carbocycles. The van der Waals surface area contributed by atoms with E-state index in [4.69, 9.17) is 0 Å². The zero-order valence-corrected chi connectivity index (χ0v) is 12.1. The van der Waals surface area contributed by atoms with Crippen LogP contribution in [0.1, 0.15) is 48.3 Å². The van der Waals surface area contributed by atoms with Crippen LogP contribution in [0.25, 0.3) is 11.1 Å². The second kappa shape index (κ2) is 4.80. The Morgan fingerprint density at radius 1 is 0.905 bits per heavy atom. The zero-order chi connectivity index (χ0) is 14.4. The Morgan fingerprint density at radius 3 is 2.48 bits per heavy atom. The minimum atomic E-state index is 0.252. The third-order valence-electron chi connectivity index (χ3n) is 5.10. The Labute approximate surface area is 125 Å². The molecule has 2 aromatic rings. The van der Waals surface area contributed by atoms with E-state index in [9.17, 15) is 10.2 Å². The standard InChI is InChI=1S/C19H20O2/c20-16-10-2-1-8-14(16)19-15-9-4-6-12-5-3-7-13(18(12)15)11-17(19)21/h1-2,8,10-12,20-21H,3-7,9H2. The third-order valence-corrected chi connectivity index (χ3v) is 5.10. The molecule has 4 rings (SSSR count). The van der Waals surface area contributed by atoms with Crippen molar-refractivity contribution in [3.05, 3.63) is 47.0 Å². The van der Waals surface area contributed by atoms with Crippen LogP contribution in [0.2, 0.25) is 0 Å². The molecule has 0 bridgehead atoms. The van der Waals surface area contributed by atoms with Gasteiger partial charge >= 0.3 is 0 Å². The van der Waals surface area contributed by atoms with Crippen molar-refractivity contribution in [2.24, 2.45) is 0 Å². The van der Waals surface area contributed by atoms with Crippen LogP contribution in [0, 0.1) is 0 Å². The van der Waals surface area contributed by atoms with Crippen LogP contribution in [0.15, 0.2) is 30.3 Å². The third kappa shape index (κ3) is 1.93. The average molecular weight is 280 g/mol. The van der Waals surface area contributed by atoms with Crippen molar-refractivity contribution >= 4 is 0 Å². The molecule has 0 saturated heterocycles. The molecule has 0 fully saturated rings. The van der Waals surface area contributed by atoms with Crippen LogP contribution in [0.5, 0.6) is 11.5 Å². The molecule has 2 heteroatoms. The van der Waals surface area contributed by atoms with Gasteiger partial charge in [0, 0.05) is 11.1 Å². The molecule has 2 N–H and O–H groups in total. The predicted octanol–water partition coefficient (Wildman–Crippen LogP) is 4.52. The van der Waals surface area contributed by atoms with Crippen molar-refractivity contribution in [2.75, 3.05) is 0 Å². The second-order valence-corrected chi connectivity index (χ2v) is 6.32. The molecular weight excluding hydrogens is 260 g/mol. The molecule has 1 unspecified atom stereocenters. The number of phenols is 2. The summed E-state index contributed by atoms with van der Waals surface area (Å²) >= 11 is 0. The number of aromatic hydroxyl groups is 2. The first-order chi connectivity index (χ1) is 10.3. The average Bonchev–Trinajstić information content (AvgIpc) is 2.49. The highest BCUT2D eigenvalue weighted by Crippen LogP contribution is 2.49. The summed E-state index contributed by atoms with van der Waals surface area (Å²) in [4.78, 5) is 0. The van der Waals surface area contributed by atoms with Crippen molar-refractivity contribution in [1.82, 2.24) is 0 Å². The van der Waals surface area contributed by atoms with Crippen LogP contribution in [-0.4, -0.2) is 10.2 Å². The molecule has 2 aliphatic rings. The molecule has 0 aromatic heterocycles. The highest BCUT2D eigenvalue weighted by atomic mass is 16.3. The largest absolute Gasteiger partial charge is 0.507 e. The maximum atomic E-state index is 10.6. The number of hydrogen-bond acceptors (Lipinski definition) is 2. The SMILES string of the molecule is Oc1ccccc1-c1c(O)cc2c3c1CCCC3CCC2. The monoisotopic (exact) mass is 280 g/mol. The lowest BCUT2D eigenvalue weighted by molar-refractivity contribution is 0.452. The fraction of sp³-hybridized carbons (Fsp3) is 0.368. The molecule has 1 atom stereocenters. The topological polar surface area (TPSA) is 40.5 Å². The maximum absolute atomic E-state index is 10.6. The summed E-state index contributed by atoms with van der Waals surface area (Å²) in [6.07, 6.45) is 7.04. The van der Waals surface area contributed by atoms with E-state index >= 15 is 0 Å². The zero-order valence-electron chi connectivity index (χ0n) is 12.1. The number of aryl methyl sites for hydroxylation is 1. The van der Waals surface area contributed by atoms with Crippen LogP contribution in [0.4, 0.5) is 0 Å². The van der Waals surface area contributed by atoms with Gasteiger partial charge in [-0.2, -0.15) is 0 Å². The first-order valence-corrected chi connectivity index (χ1v) is 7.91. The Hall–Kier alpha value is -1.96. The van der Waals surface area contributed by atoms with E-state index in [0.717, 1.165) is 24.0 Å². The van der Waals surface area contributed by atoms with Crippen molar-refractivity contribution in [3.8, 4) is 22.6 Å². The van der Waals surface area contributed by atoms with Gasteiger partial charge < -0.3 is 10.2 Å². The maximum Gasteiger partial charge on any atom is 0.124 e. The summed E-state index contributed by atoms with van der Waals surface area (Å²) in [5.74, 6) is 1.23. The first kappa shape index (κ1) is 12.8. The summed E-state index contributed by atoms with van der Waals surface area (Å²) in [5.41, 5.74) is 5.71. The molecule has 0 amide bonds. The van der Waals surface area contributed by atoms with Gasteiger partial charge in [-0.25, -0.2) is 0 Å². The van der Waals surface area contributed by atoms with Crippen molar-refractivity contribution < 1.29 is 10.2 Å². The molecule has 2 aromatic carbocycles. The highest BCUT2D eigenvalue weighted by Gasteiger charge is 2.30. The Morgan fingerprint density at radius 2 is 1.67 bits per heavy atom. The van der Waals surface area contributed by atoms with Gasteiger partial charge in [-0.15, -0.1) is 0 Å². The number of para-hydroxylation sites is 1. The van der Waals surface area contributed by atoms with E-state index in [0.29, 0.717) is 11.7 Å². The minimum Gasteiger partial charge on any atom is -0.507 e. The van der Waals surface area contributed by atoms with Gasteiger partial charge in [0.2, 0.25) is 0 Å². The molecule has 0 radical (unpaired) electrons. The minimum absolute atomic E-state index is 0.252. The fourth-order valence-corrected chi connectivity index (χ4v) is 4.26. The molecule has 0 saturated carbocycles. The molecular formula is C19H20O2. The second-order valence-electron chi connectivity index (χ2n) is 6.32. The number of phenolic OH excluding ortho intramolecular Hbond substituents is 2. The van der Waals surface area contributed by atoms with E-state index in [1.807, 2.05) is 24.3 Å². The van der Waals surface area contributed by atoms with E-state index < -0.39 is 0 Å². The van der Waals surface area contributed by atoms with Crippen molar-refractivity contribution in [3.63, 3.8) is 0 Å². The quantitative estimate of drug-likeness (QED) is 0.806. The molecule has 2 nitrogen and oxygen atoms in total. The molecule has 0 aliphatic heterocycles. The molecule has 0 spiro atoms. The van der Waals surface area contributed by atoms with Crippen LogP contribution in [0.3, 0.4) is 0 Å². The normalized spacial score (nSPS) is 20.1. The lowest BCUT2D eigenvalue weighted by atomic mass is 9.71. The summed E-state index contributed by atoms with van der Waals surface area (Å²) in [6.45, 7) is 0. The van der Waals surface area contributed by atoms with Gasteiger partial charge in [0.25, 0.3) is 0 Å². The van der Waals surface area contributed by atoms with Gasteiger partial charge in [-0.1, -0.05) is 18.2 Å². The van der Waals surface area contributed by atoms with Crippen LogP contribution in [-0.2, 0) is 12.8 Å². The Bertz CT molecular complexity index is 701. The number of hydrogen-bond donors (Lipinski definition) is 2. The predicted molar refractivity (Wildman–Crippen MR) is 83.8 cm³/mol. The molecule has 21 heavy (non-hydrogen) atoms. The smallest absolute Gasteiger partial charge is 0.124 e. The summed E-state index contributed by atoms with van der Waals surface area (Å²) in [7, 11) is 0. The van der Waals surface area contributed by atoms with Crippen molar-refractivity contribution in [2.45, 2.75) is 44.4 Å².